The van der Waals surface area contributed by atoms with Gasteiger partial charge in [-0.15, -0.1) is 0 Å². The molecule has 5 heteroatoms. The Morgan fingerprint density at radius 3 is 2.93 bits per heavy atom. The van der Waals surface area contributed by atoms with Crippen molar-refractivity contribution in [1.29, 1.82) is 0 Å². The second-order valence-electron chi connectivity index (χ2n) is 3.14. The third-order valence-electron chi connectivity index (χ3n) is 2.06. The molecule has 0 bridgehead atoms. The van der Waals surface area contributed by atoms with Crippen molar-refractivity contribution in [3.8, 4) is 0 Å². The lowest BCUT2D eigenvalue weighted by atomic mass is 10.2. The molecule has 0 saturated carbocycles. The quantitative estimate of drug-likeness (QED) is 0.698. The Morgan fingerprint density at radius 2 is 2.27 bits per heavy atom. The highest BCUT2D eigenvalue weighted by Crippen LogP contribution is 2.27. The zero-order valence-electron chi connectivity index (χ0n) is 8.00. The number of aromatic nitrogens is 2. The average Bonchev–Trinajstić information content (AvgIpc) is 2.70. The van der Waals surface area contributed by atoms with Crippen LogP contribution < -0.4 is 11.1 Å². The molecule has 4 nitrogen and oxygen atoms in total. The maximum atomic E-state index is 6.00. The molecule has 0 radical (unpaired) electrons. The van der Waals surface area contributed by atoms with Crippen molar-refractivity contribution < 1.29 is 0 Å². The molecule has 0 unspecified atom stereocenters. The minimum Gasteiger partial charge on any atom is -0.397 e. The number of hydrogen-bond acceptors (Lipinski definition) is 3. The Balaban J connectivity index is 2.11. The fourth-order valence-corrected chi connectivity index (χ4v) is 1.54. The lowest BCUT2D eigenvalue weighted by molar-refractivity contribution is 0.982. The van der Waals surface area contributed by atoms with Crippen LogP contribution in [0.1, 0.15) is 5.69 Å². The molecule has 1 aromatic heterocycles. The predicted octanol–water partition coefficient (Wildman–Crippen LogP) is 2.26. The summed E-state index contributed by atoms with van der Waals surface area (Å²) in [5, 5.41) is 10.5. The van der Waals surface area contributed by atoms with Crippen molar-refractivity contribution in [3.63, 3.8) is 0 Å². The zero-order chi connectivity index (χ0) is 10.7. The second kappa shape index (κ2) is 4.23. The number of anilines is 2. The van der Waals surface area contributed by atoms with Crippen molar-refractivity contribution in [2.45, 2.75) is 6.54 Å². The molecule has 2 rings (SSSR count). The first kappa shape index (κ1) is 9.86. The maximum absolute atomic E-state index is 6.00. The van der Waals surface area contributed by atoms with E-state index in [4.69, 9.17) is 17.3 Å². The van der Waals surface area contributed by atoms with Gasteiger partial charge in [-0.2, -0.15) is 5.10 Å². The smallest absolute Gasteiger partial charge is 0.0766 e. The van der Waals surface area contributed by atoms with Gasteiger partial charge in [0.05, 0.1) is 28.6 Å². The summed E-state index contributed by atoms with van der Waals surface area (Å²) in [6.45, 7) is 0.619. The number of aromatic amines is 1. The first-order valence-electron chi connectivity index (χ1n) is 4.53. The van der Waals surface area contributed by atoms with Gasteiger partial charge in [-0.1, -0.05) is 17.7 Å². The van der Waals surface area contributed by atoms with Crippen LogP contribution in [0.15, 0.2) is 30.5 Å². The molecule has 4 N–H and O–H groups in total. The molecule has 0 atom stereocenters. The van der Waals surface area contributed by atoms with E-state index >= 15 is 0 Å². The van der Waals surface area contributed by atoms with Gasteiger partial charge in [-0.05, 0) is 18.2 Å². The summed E-state index contributed by atoms with van der Waals surface area (Å²) in [5.41, 5.74) is 8.17. The number of nitrogens with two attached hydrogens (primary N) is 1. The molecule has 1 aromatic carbocycles. The second-order valence-corrected chi connectivity index (χ2v) is 3.55. The molecular weight excluding hydrogens is 212 g/mol. The minimum absolute atomic E-state index is 0.619. The summed E-state index contributed by atoms with van der Waals surface area (Å²) in [6.07, 6.45) is 1.70. The Labute approximate surface area is 92.4 Å². The van der Waals surface area contributed by atoms with Crippen LogP contribution in [0.3, 0.4) is 0 Å². The summed E-state index contributed by atoms with van der Waals surface area (Å²) in [5.74, 6) is 0. The van der Waals surface area contributed by atoms with Gasteiger partial charge in [0.25, 0.3) is 0 Å². The van der Waals surface area contributed by atoms with Gasteiger partial charge in [0.15, 0.2) is 0 Å². The van der Waals surface area contributed by atoms with E-state index in [1.165, 1.54) is 0 Å². The molecular formula is C10H11ClN4. The number of rotatable bonds is 3. The maximum Gasteiger partial charge on any atom is 0.0766 e. The summed E-state index contributed by atoms with van der Waals surface area (Å²) < 4.78 is 0. The summed E-state index contributed by atoms with van der Waals surface area (Å²) in [4.78, 5) is 0. The Hall–Kier alpha value is -1.68. The van der Waals surface area contributed by atoms with E-state index in [0.29, 0.717) is 17.3 Å². The van der Waals surface area contributed by atoms with Gasteiger partial charge < -0.3 is 11.1 Å². The van der Waals surface area contributed by atoms with Gasteiger partial charge in [0.1, 0.15) is 0 Å². The molecule has 1 heterocycles. The highest BCUT2D eigenvalue weighted by Gasteiger charge is 2.03. The summed E-state index contributed by atoms with van der Waals surface area (Å²) in [6, 6.07) is 7.31. The molecule has 15 heavy (non-hydrogen) atoms. The Kier molecular flexibility index (Phi) is 2.78. The van der Waals surface area contributed by atoms with Crippen LogP contribution in [0.2, 0.25) is 5.02 Å². The molecule has 0 aliphatic heterocycles. The molecule has 0 fully saturated rings. The van der Waals surface area contributed by atoms with Crippen LogP contribution in [0.5, 0.6) is 0 Å². The normalized spacial score (nSPS) is 10.2. The number of nitrogens with one attached hydrogen (secondary N) is 2. The third-order valence-corrected chi connectivity index (χ3v) is 2.37. The molecule has 0 spiro atoms. The molecule has 0 aliphatic carbocycles. The van der Waals surface area contributed by atoms with Crippen LogP contribution in [-0.4, -0.2) is 10.2 Å². The van der Waals surface area contributed by atoms with Gasteiger partial charge in [0, 0.05) is 6.20 Å². The number of halogens is 1. The molecule has 0 aliphatic rings. The third kappa shape index (κ3) is 2.22. The van der Waals surface area contributed by atoms with Crippen LogP contribution in [-0.2, 0) is 6.54 Å². The highest BCUT2D eigenvalue weighted by molar-refractivity contribution is 6.33. The predicted molar refractivity (Wildman–Crippen MR) is 61.8 cm³/mol. The van der Waals surface area contributed by atoms with Crippen molar-refractivity contribution in [1.82, 2.24) is 10.2 Å². The number of nitrogen functional groups attached to an aromatic ring is 1. The zero-order valence-corrected chi connectivity index (χ0v) is 8.75. The molecule has 0 saturated heterocycles. The van der Waals surface area contributed by atoms with Gasteiger partial charge in [0.2, 0.25) is 0 Å². The average molecular weight is 223 g/mol. The number of para-hydroxylation sites is 1. The van der Waals surface area contributed by atoms with E-state index in [1.54, 1.807) is 18.3 Å². The number of nitrogens with zero attached hydrogens (tertiary/aromatic N) is 1. The molecule has 2 aromatic rings. The summed E-state index contributed by atoms with van der Waals surface area (Å²) >= 11 is 6.00. The van der Waals surface area contributed by atoms with E-state index in [9.17, 15) is 0 Å². The number of H-pyrrole nitrogens is 1. The number of benzene rings is 1. The minimum atomic E-state index is 0.619. The summed E-state index contributed by atoms with van der Waals surface area (Å²) in [7, 11) is 0. The van der Waals surface area contributed by atoms with Crippen molar-refractivity contribution in [2.24, 2.45) is 0 Å². The Morgan fingerprint density at radius 1 is 1.40 bits per heavy atom. The number of hydrogen-bond donors (Lipinski definition) is 3. The standard InChI is InChI=1S/C10H11ClN4/c11-8-2-1-3-9(12)10(8)13-6-7-4-5-14-15-7/h1-5,13H,6,12H2,(H,14,15). The molecule has 0 amide bonds. The van der Waals surface area contributed by atoms with Crippen molar-refractivity contribution in [2.75, 3.05) is 11.1 Å². The fraction of sp³-hybridized carbons (Fsp3) is 0.100. The first-order valence-corrected chi connectivity index (χ1v) is 4.91. The van der Waals surface area contributed by atoms with Crippen LogP contribution in [0.25, 0.3) is 0 Å². The topological polar surface area (TPSA) is 66.7 Å². The lowest BCUT2D eigenvalue weighted by Crippen LogP contribution is -2.03. The van der Waals surface area contributed by atoms with Gasteiger partial charge >= 0.3 is 0 Å². The fourth-order valence-electron chi connectivity index (χ4n) is 1.29. The lowest BCUT2D eigenvalue weighted by Gasteiger charge is -2.09. The monoisotopic (exact) mass is 222 g/mol. The van der Waals surface area contributed by atoms with Gasteiger partial charge in [-0.25, -0.2) is 0 Å². The largest absolute Gasteiger partial charge is 0.397 e. The SMILES string of the molecule is Nc1cccc(Cl)c1NCc1ccn[nH]1. The van der Waals surface area contributed by atoms with E-state index in [0.717, 1.165) is 11.4 Å². The van der Waals surface area contributed by atoms with E-state index in [-0.39, 0.29) is 0 Å². The van der Waals surface area contributed by atoms with Gasteiger partial charge in [-0.3, -0.25) is 5.10 Å². The Bertz CT molecular complexity index is 418. The van der Waals surface area contributed by atoms with E-state index in [2.05, 4.69) is 15.5 Å². The van der Waals surface area contributed by atoms with Crippen LogP contribution in [0.4, 0.5) is 11.4 Å². The molecule has 78 valence electrons. The highest BCUT2D eigenvalue weighted by atomic mass is 35.5. The van der Waals surface area contributed by atoms with E-state index < -0.39 is 0 Å². The van der Waals surface area contributed by atoms with Crippen LogP contribution >= 0.6 is 11.6 Å². The van der Waals surface area contributed by atoms with Crippen molar-refractivity contribution >= 4 is 23.0 Å². The van der Waals surface area contributed by atoms with Crippen molar-refractivity contribution in [3.05, 3.63) is 41.2 Å². The first-order chi connectivity index (χ1) is 7.27. The van der Waals surface area contributed by atoms with E-state index in [1.807, 2.05) is 12.1 Å². The van der Waals surface area contributed by atoms with Crippen LogP contribution in [0, 0.1) is 0 Å².